The fraction of sp³-hybridized carbons (Fsp3) is 0.167. The van der Waals surface area contributed by atoms with Crippen LogP contribution >= 0.6 is 0 Å². The van der Waals surface area contributed by atoms with Crippen molar-refractivity contribution < 1.29 is 0 Å². The summed E-state index contributed by atoms with van der Waals surface area (Å²) in [6.07, 6.45) is 1.76. The molecule has 4 heteroatoms. The number of anilines is 2. The molecule has 2 aromatic rings. The van der Waals surface area contributed by atoms with Gasteiger partial charge in [0.25, 0.3) is 0 Å². The number of hydrogen-bond donors (Lipinski definition) is 2. The van der Waals surface area contributed by atoms with Gasteiger partial charge in [0.05, 0.1) is 0 Å². The van der Waals surface area contributed by atoms with E-state index in [2.05, 4.69) is 15.3 Å². The first-order valence-electron chi connectivity index (χ1n) is 5.14. The number of nitrogens with two attached hydrogens (primary N) is 1. The van der Waals surface area contributed by atoms with Crippen LogP contribution in [0.25, 0.3) is 0 Å². The number of aromatic nitrogens is 2. The molecule has 2 rings (SSSR count). The van der Waals surface area contributed by atoms with E-state index in [9.17, 15) is 0 Å². The van der Waals surface area contributed by atoms with Crippen LogP contribution in [0.1, 0.15) is 11.3 Å². The van der Waals surface area contributed by atoms with Crippen molar-refractivity contribution in [3.8, 4) is 0 Å². The van der Waals surface area contributed by atoms with E-state index in [1.54, 1.807) is 6.20 Å². The first kappa shape index (κ1) is 10.6. The molecule has 1 heterocycles. The van der Waals surface area contributed by atoms with E-state index in [1.807, 2.05) is 37.3 Å². The molecule has 16 heavy (non-hydrogen) atoms. The van der Waals surface area contributed by atoms with Crippen LogP contribution in [-0.2, 0) is 6.54 Å². The molecule has 0 saturated heterocycles. The lowest BCUT2D eigenvalue weighted by molar-refractivity contribution is 0.972. The second kappa shape index (κ2) is 4.72. The Morgan fingerprint density at radius 2 is 2.00 bits per heavy atom. The molecule has 1 aromatic carbocycles. The van der Waals surface area contributed by atoms with Gasteiger partial charge in [0, 0.05) is 29.7 Å². The third kappa shape index (κ3) is 2.35. The standard InChI is InChI=1S/C12H14N4/c1-9-10(7-13)8-14-12(15-9)16-11-5-3-2-4-6-11/h2-6,8H,7,13H2,1H3,(H,14,15,16). The van der Waals surface area contributed by atoms with Gasteiger partial charge in [-0.2, -0.15) is 0 Å². The molecule has 0 aliphatic heterocycles. The average Bonchev–Trinajstić information content (AvgIpc) is 2.31. The molecular weight excluding hydrogens is 200 g/mol. The van der Waals surface area contributed by atoms with Crippen molar-refractivity contribution in [1.29, 1.82) is 0 Å². The van der Waals surface area contributed by atoms with Gasteiger partial charge in [-0.25, -0.2) is 9.97 Å². The van der Waals surface area contributed by atoms with Gasteiger partial charge in [-0.05, 0) is 19.1 Å². The third-order valence-electron chi connectivity index (χ3n) is 2.33. The predicted octanol–water partition coefficient (Wildman–Crippen LogP) is 1.99. The largest absolute Gasteiger partial charge is 0.326 e. The summed E-state index contributed by atoms with van der Waals surface area (Å²) in [5.74, 6) is 0.598. The van der Waals surface area contributed by atoms with E-state index in [0.717, 1.165) is 16.9 Å². The van der Waals surface area contributed by atoms with Gasteiger partial charge >= 0.3 is 0 Å². The topological polar surface area (TPSA) is 63.8 Å². The lowest BCUT2D eigenvalue weighted by Gasteiger charge is -2.07. The van der Waals surface area contributed by atoms with Crippen LogP contribution in [0.3, 0.4) is 0 Å². The molecule has 0 amide bonds. The molecule has 0 aliphatic rings. The Hall–Kier alpha value is -1.94. The van der Waals surface area contributed by atoms with Gasteiger partial charge in [-0.1, -0.05) is 18.2 Å². The van der Waals surface area contributed by atoms with E-state index < -0.39 is 0 Å². The number of aryl methyl sites for hydroxylation is 1. The van der Waals surface area contributed by atoms with Gasteiger partial charge in [-0.3, -0.25) is 0 Å². The highest BCUT2D eigenvalue weighted by atomic mass is 15.1. The van der Waals surface area contributed by atoms with Gasteiger partial charge in [0.15, 0.2) is 0 Å². The molecular formula is C12H14N4. The van der Waals surface area contributed by atoms with Crippen molar-refractivity contribution >= 4 is 11.6 Å². The molecule has 82 valence electrons. The second-order valence-corrected chi connectivity index (χ2v) is 3.50. The van der Waals surface area contributed by atoms with Gasteiger partial charge in [0.2, 0.25) is 5.95 Å². The monoisotopic (exact) mass is 214 g/mol. The van der Waals surface area contributed by atoms with Gasteiger partial charge < -0.3 is 11.1 Å². The van der Waals surface area contributed by atoms with Gasteiger partial charge in [0.1, 0.15) is 0 Å². The summed E-state index contributed by atoms with van der Waals surface area (Å²) in [6, 6.07) is 9.83. The molecule has 1 aromatic heterocycles. The van der Waals surface area contributed by atoms with Crippen LogP contribution in [0.15, 0.2) is 36.5 Å². The third-order valence-corrected chi connectivity index (χ3v) is 2.33. The lowest BCUT2D eigenvalue weighted by Crippen LogP contribution is -2.05. The zero-order valence-electron chi connectivity index (χ0n) is 9.14. The maximum atomic E-state index is 5.55. The number of para-hydroxylation sites is 1. The van der Waals surface area contributed by atoms with E-state index in [0.29, 0.717) is 12.5 Å². The summed E-state index contributed by atoms with van der Waals surface area (Å²) < 4.78 is 0. The SMILES string of the molecule is Cc1nc(Nc2ccccc2)ncc1CN. The highest BCUT2D eigenvalue weighted by molar-refractivity contribution is 5.52. The van der Waals surface area contributed by atoms with Crippen LogP contribution in [0, 0.1) is 6.92 Å². The van der Waals surface area contributed by atoms with Crippen molar-refractivity contribution in [2.24, 2.45) is 5.73 Å². The Bertz CT molecular complexity index is 468. The minimum Gasteiger partial charge on any atom is -0.326 e. The molecule has 0 unspecified atom stereocenters. The van der Waals surface area contributed by atoms with E-state index >= 15 is 0 Å². The highest BCUT2D eigenvalue weighted by Gasteiger charge is 2.01. The fourth-order valence-corrected chi connectivity index (χ4v) is 1.40. The van der Waals surface area contributed by atoms with Crippen LogP contribution in [0.4, 0.5) is 11.6 Å². The Morgan fingerprint density at radius 3 is 2.62 bits per heavy atom. The molecule has 0 aliphatic carbocycles. The van der Waals surface area contributed by atoms with E-state index in [1.165, 1.54) is 0 Å². The van der Waals surface area contributed by atoms with Crippen LogP contribution in [0.2, 0.25) is 0 Å². The number of benzene rings is 1. The highest BCUT2D eigenvalue weighted by Crippen LogP contribution is 2.13. The first-order valence-corrected chi connectivity index (χ1v) is 5.14. The maximum absolute atomic E-state index is 5.55. The molecule has 0 atom stereocenters. The lowest BCUT2D eigenvalue weighted by atomic mass is 10.2. The Balaban J connectivity index is 2.20. The summed E-state index contributed by atoms with van der Waals surface area (Å²) in [4.78, 5) is 8.54. The molecule has 4 nitrogen and oxygen atoms in total. The number of nitrogens with one attached hydrogen (secondary N) is 1. The van der Waals surface area contributed by atoms with E-state index in [4.69, 9.17) is 5.73 Å². The van der Waals surface area contributed by atoms with Crippen LogP contribution in [-0.4, -0.2) is 9.97 Å². The molecule has 3 N–H and O–H groups in total. The minimum atomic E-state index is 0.470. The Labute approximate surface area is 94.5 Å². The number of hydrogen-bond acceptors (Lipinski definition) is 4. The van der Waals surface area contributed by atoms with Crippen molar-refractivity contribution in [3.05, 3.63) is 47.8 Å². The average molecular weight is 214 g/mol. The summed E-state index contributed by atoms with van der Waals surface area (Å²) in [5.41, 5.74) is 8.41. The van der Waals surface area contributed by atoms with Crippen molar-refractivity contribution in [2.45, 2.75) is 13.5 Å². The Morgan fingerprint density at radius 1 is 1.25 bits per heavy atom. The first-order chi connectivity index (χ1) is 7.79. The molecule has 0 radical (unpaired) electrons. The number of rotatable bonds is 3. The maximum Gasteiger partial charge on any atom is 0.227 e. The quantitative estimate of drug-likeness (QED) is 0.820. The Kier molecular flexibility index (Phi) is 3.12. The fourth-order valence-electron chi connectivity index (χ4n) is 1.40. The molecule has 0 spiro atoms. The number of nitrogens with zero attached hydrogens (tertiary/aromatic N) is 2. The summed E-state index contributed by atoms with van der Waals surface area (Å²) in [5, 5.41) is 3.13. The van der Waals surface area contributed by atoms with Crippen molar-refractivity contribution in [2.75, 3.05) is 5.32 Å². The normalized spacial score (nSPS) is 10.1. The van der Waals surface area contributed by atoms with Gasteiger partial charge in [-0.15, -0.1) is 0 Å². The van der Waals surface area contributed by atoms with E-state index in [-0.39, 0.29) is 0 Å². The van der Waals surface area contributed by atoms with Crippen LogP contribution in [0.5, 0.6) is 0 Å². The second-order valence-electron chi connectivity index (χ2n) is 3.50. The van der Waals surface area contributed by atoms with Crippen molar-refractivity contribution in [1.82, 2.24) is 9.97 Å². The molecule has 0 fully saturated rings. The zero-order valence-corrected chi connectivity index (χ0v) is 9.14. The minimum absolute atomic E-state index is 0.470. The smallest absolute Gasteiger partial charge is 0.227 e. The summed E-state index contributed by atoms with van der Waals surface area (Å²) >= 11 is 0. The molecule has 0 bridgehead atoms. The summed E-state index contributed by atoms with van der Waals surface area (Å²) in [7, 11) is 0. The van der Waals surface area contributed by atoms with Crippen molar-refractivity contribution in [3.63, 3.8) is 0 Å². The predicted molar refractivity (Wildman–Crippen MR) is 64.4 cm³/mol. The molecule has 0 saturated carbocycles. The summed E-state index contributed by atoms with van der Waals surface area (Å²) in [6.45, 7) is 2.40. The zero-order chi connectivity index (χ0) is 11.4. The van der Waals surface area contributed by atoms with Crippen LogP contribution < -0.4 is 11.1 Å².